The molecule has 0 aliphatic heterocycles. The number of nitrogens with zero attached hydrogens (tertiary/aromatic N) is 3. The summed E-state index contributed by atoms with van der Waals surface area (Å²) in [5.41, 5.74) is 2.09. The zero-order valence-corrected chi connectivity index (χ0v) is 13.8. The van der Waals surface area contributed by atoms with Gasteiger partial charge in [0.1, 0.15) is 0 Å². The van der Waals surface area contributed by atoms with Gasteiger partial charge in [0.2, 0.25) is 5.78 Å². The zero-order chi connectivity index (χ0) is 17.9. The van der Waals surface area contributed by atoms with Crippen molar-refractivity contribution in [1.29, 1.82) is 0 Å². The number of ketones is 1. The molecule has 0 unspecified atom stereocenters. The fraction of sp³-hybridized carbons (Fsp3) is 0.214. The first-order valence-corrected chi connectivity index (χ1v) is 7.27. The number of halogens is 1. The van der Waals surface area contributed by atoms with E-state index in [-0.39, 0.29) is 18.0 Å². The number of hydrazone groups is 1. The minimum absolute atomic E-state index is 0.279. The number of rotatable bonds is 5. The zero-order valence-electron chi connectivity index (χ0n) is 13.0. The summed E-state index contributed by atoms with van der Waals surface area (Å²) in [6, 6.07) is 6.24. The van der Waals surface area contributed by atoms with Gasteiger partial charge in [0, 0.05) is 16.3 Å². The average molecular weight is 352 g/mol. The molecular formula is C14H16ClN6O3+. The number of carbonyl (C=O) groups is 2. The summed E-state index contributed by atoms with van der Waals surface area (Å²) >= 11 is 5.78. The van der Waals surface area contributed by atoms with Crippen LogP contribution in [0.4, 0.5) is 0 Å². The van der Waals surface area contributed by atoms with Crippen LogP contribution < -0.4 is 21.5 Å². The number of nitrogen functional groups attached to an aromatic ring is 1. The van der Waals surface area contributed by atoms with Crippen LogP contribution in [0.1, 0.15) is 34.7 Å². The van der Waals surface area contributed by atoms with Gasteiger partial charge in [-0.15, -0.1) is 4.68 Å². The molecule has 1 aromatic carbocycles. The highest BCUT2D eigenvalue weighted by Gasteiger charge is 2.29. The molecule has 10 heteroatoms. The van der Waals surface area contributed by atoms with Crippen molar-refractivity contribution in [3.05, 3.63) is 50.9 Å². The monoisotopic (exact) mass is 351 g/mol. The Kier molecular flexibility index (Phi) is 5.14. The van der Waals surface area contributed by atoms with Crippen LogP contribution >= 0.6 is 11.6 Å². The Labute approximate surface area is 141 Å². The second kappa shape index (κ2) is 7.09. The van der Waals surface area contributed by atoms with Crippen molar-refractivity contribution in [2.24, 2.45) is 5.10 Å². The first kappa shape index (κ1) is 17.4. The van der Waals surface area contributed by atoms with Crippen molar-refractivity contribution in [3.63, 3.8) is 0 Å². The van der Waals surface area contributed by atoms with Gasteiger partial charge in [-0.1, -0.05) is 16.8 Å². The molecule has 0 saturated carbocycles. The van der Waals surface area contributed by atoms with Gasteiger partial charge in [-0.25, -0.2) is 16.1 Å². The normalized spacial score (nSPS) is 10.3. The van der Waals surface area contributed by atoms with E-state index < -0.39 is 11.5 Å². The van der Waals surface area contributed by atoms with E-state index in [1.54, 1.807) is 38.1 Å². The molecule has 0 bridgehead atoms. The fourth-order valence-electron chi connectivity index (χ4n) is 1.88. The van der Waals surface area contributed by atoms with E-state index in [4.69, 9.17) is 17.4 Å². The van der Waals surface area contributed by atoms with Gasteiger partial charge in [0.25, 0.3) is 0 Å². The lowest BCUT2D eigenvalue weighted by molar-refractivity contribution is -0.744. The number of carbonyl (C=O) groups excluding carboxylic acids is 2. The van der Waals surface area contributed by atoms with E-state index >= 15 is 0 Å². The summed E-state index contributed by atoms with van der Waals surface area (Å²) in [5, 5.41) is 6.67. The number of nitrogens with one attached hydrogen (secondary N) is 2. The van der Waals surface area contributed by atoms with Gasteiger partial charge in [-0.2, -0.15) is 5.10 Å². The predicted molar refractivity (Wildman–Crippen MR) is 87.4 cm³/mol. The van der Waals surface area contributed by atoms with Gasteiger partial charge in [0.05, 0.1) is 0 Å². The largest absolute Gasteiger partial charge is 0.430 e. The molecule has 0 radical (unpaired) electrons. The number of aromatic amines is 1. The van der Waals surface area contributed by atoms with Crippen LogP contribution in [0, 0.1) is 0 Å². The quantitative estimate of drug-likeness (QED) is 0.227. The third kappa shape index (κ3) is 3.87. The molecular weight excluding hydrogens is 336 g/mol. The highest BCUT2D eigenvalue weighted by Crippen LogP contribution is 2.09. The summed E-state index contributed by atoms with van der Waals surface area (Å²) in [6.45, 7) is 3.08. The molecule has 1 aromatic heterocycles. The van der Waals surface area contributed by atoms with E-state index in [0.717, 1.165) is 4.68 Å². The lowest BCUT2D eigenvalue weighted by atomic mass is 10.1. The van der Waals surface area contributed by atoms with Crippen LogP contribution in [0.2, 0.25) is 5.02 Å². The third-order valence-electron chi connectivity index (χ3n) is 2.98. The van der Waals surface area contributed by atoms with Crippen molar-refractivity contribution in [3.8, 4) is 0 Å². The van der Waals surface area contributed by atoms with Crippen LogP contribution in [0.25, 0.3) is 0 Å². The minimum atomic E-state index is -0.777. The van der Waals surface area contributed by atoms with Gasteiger partial charge in [-0.05, 0) is 42.9 Å². The van der Waals surface area contributed by atoms with Crippen molar-refractivity contribution in [2.75, 3.05) is 5.84 Å². The Morgan fingerprint density at radius 3 is 2.54 bits per heavy atom. The van der Waals surface area contributed by atoms with Crippen molar-refractivity contribution in [1.82, 2.24) is 15.4 Å². The Morgan fingerprint density at radius 1 is 1.33 bits per heavy atom. The standard InChI is InChI=1S/C14H15ClN6O3/c1-8(2)17-18-13(23)12-14(24)21(16)19-20(12)7-11(22)9-3-5-10(15)6-4-9/h3-6H,7H2,1-2H3,(H3-,16,18,19,23,24)/p+1. The third-order valence-corrected chi connectivity index (χ3v) is 3.24. The molecule has 4 N–H and O–H groups in total. The van der Waals surface area contributed by atoms with Gasteiger partial charge < -0.3 is 0 Å². The van der Waals surface area contributed by atoms with Crippen LogP contribution in [-0.2, 0) is 6.54 Å². The van der Waals surface area contributed by atoms with E-state index in [9.17, 15) is 14.4 Å². The fourth-order valence-corrected chi connectivity index (χ4v) is 2.00. The lowest BCUT2D eigenvalue weighted by Gasteiger charge is -2.01. The summed E-state index contributed by atoms with van der Waals surface area (Å²) in [5.74, 6) is 4.35. The van der Waals surface area contributed by atoms with Crippen molar-refractivity contribution >= 4 is 29.0 Å². The molecule has 0 fully saturated rings. The molecule has 1 heterocycles. The maximum Gasteiger partial charge on any atom is 0.430 e. The molecule has 1 amide bonds. The number of hydrogen-bond acceptors (Lipinski definition) is 5. The number of amides is 1. The smallest absolute Gasteiger partial charge is 0.290 e. The lowest BCUT2D eigenvalue weighted by Crippen LogP contribution is -2.48. The number of Topliss-reactive ketones (excluding diaryl/α,β-unsaturated/α-hetero) is 1. The molecule has 0 aliphatic carbocycles. The molecule has 9 nitrogen and oxygen atoms in total. The maximum atomic E-state index is 12.3. The van der Waals surface area contributed by atoms with E-state index in [1.165, 1.54) is 0 Å². The average Bonchev–Trinajstić information content (AvgIpc) is 2.80. The Morgan fingerprint density at radius 2 is 1.96 bits per heavy atom. The molecule has 2 aromatic rings. The minimum Gasteiger partial charge on any atom is -0.290 e. The topological polar surface area (TPSA) is 126 Å². The Balaban J connectivity index is 2.30. The van der Waals surface area contributed by atoms with Gasteiger partial charge in [-0.3, -0.25) is 9.59 Å². The van der Waals surface area contributed by atoms with E-state index in [1.807, 2.05) is 0 Å². The Bertz CT molecular complexity index is 862. The maximum absolute atomic E-state index is 12.3. The highest BCUT2D eigenvalue weighted by molar-refractivity contribution is 6.30. The number of nitrogens with two attached hydrogens (primary N) is 1. The number of hydrogen-bond donors (Lipinski definition) is 3. The number of benzene rings is 1. The SMILES string of the molecule is CC(C)=NNC(=O)c1c(=O)n(N)[nH][n+]1CC(=O)c1ccc(Cl)cc1. The number of aromatic nitrogens is 3. The Hall–Kier alpha value is -2.94. The molecule has 0 spiro atoms. The molecule has 0 saturated heterocycles. The van der Waals surface area contributed by atoms with E-state index in [2.05, 4.69) is 15.7 Å². The van der Waals surface area contributed by atoms with Gasteiger partial charge >= 0.3 is 17.2 Å². The van der Waals surface area contributed by atoms with E-state index in [0.29, 0.717) is 21.1 Å². The second-order valence-electron chi connectivity index (χ2n) is 5.14. The van der Waals surface area contributed by atoms with Crippen LogP contribution in [0.15, 0.2) is 34.2 Å². The van der Waals surface area contributed by atoms with Crippen LogP contribution in [0.3, 0.4) is 0 Å². The van der Waals surface area contributed by atoms with Crippen molar-refractivity contribution < 1.29 is 14.3 Å². The highest BCUT2D eigenvalue weighted by atomic mass is 35.5. The molecule has 126 valence electrons. The van der Waals surface area contributed by atoms with Crippen LogP contribution in [0.5, 0.6) is 0 Å². The first-order valence-electron chi connectivity index (χ1n) is 6.89. The predicted octanol–water partition coefficient (Wildman–Crippen LogP) is -0.160. The molecule has 2 rings (SSSR count). The van der Waals surface area contributed by atoms with Crippen molar-refractivity contribution in [2.45, 2.75) is 20.4 Å². The summed E-state index contributed by atoms with van der Waals surface area (Å²) in [4.78, 5) is 37.0. The molecule has 0 atom stereocenters. The second-order valence-corrected chi connectivity index (χ2v) is 5.58. The molecule has 0 aliphatic rings. The van der Waals surface area contributed by atoms with Gasteiger partial charge in [0.15, 0.2) is 6.54 Å². The van der Waals surface area contributed by atoms with Crippen LogP contribution in [-0.4, -0.2) is 27.4 Å². The summed E-state index contributed by atoms with van der Waals surface area (Å²) in [7, 11) is 0. The number of H-pyrrole nitrogens is 1. The molecule has 24 heavy (non-hydrogen) atoms. The summed E-state index contributed by atoms with van der Waals surface area (Å²) in [6.07, 6.45) is 0. The summed E-state index contributed by atoms with van der Waals surface area (Å²) < 4.78 is 1.06. The first-order chi connectivity index (χ1) is 11.3.